The van der Waals surface area contributed by atoms with Gasteiger partial charge in [-0.2, -0.15) is 0 Å². The standard InChI is InChI=1S/C15H26N4O/c1-11(2)18-8-6-12(7-9-18)10-14-17-16-13-4-3-5-15(20)19(13)14/h11-12,15,20H,3-10H2,1-2H3. The number of piperidine rings is 1. The molecule has 1 saturated heterocycles. The van der Waals surface area contributed by atoms with E-state index in [0.29, 0.717) is 12.0 Å². The first kappa shape index (κ1) is 14.0. The topological polar surface area (TPSA) is 54.2 Å². The van der Waals surface area contributed by atoms with Crippen molar-refractivity contribution in [3.63, 3.8) is 0 Å². The Morgan fingerprint density at radius 2 is 1.95 bits per heavy atom. The summed E-state index contributed by atoms with van der Waals surface area (Å²) in [5.41, 5.74) is 0. The summed E-state index contributed by atoms with van der Waals surface area (Å²) in [6, 6.07) is 0.652. The van der Waals surface area contributed by atoms with Crippen LogP contribution < -0.4 is 0 Å². The number of aliphatic hydroxyl groups is 1. The van der Waals surface area contributed by atoms with E-state index in [4.69, 9.17) is 0 Å². The molecule has 0 aromatic carbocycles. The van der Waals surface area contributed by atoms with Crippen molar-refractivity contribution in [3.8, 4) is 0 Å². The van der Waals surface area contributed by atoms with Gasteiger partial charge in [0.2, 0.25) is 0 Å². The molecule has 1 atom stereocenters. The maximum Gasteiger partial charge on any atom is 0.135 e. The Kier molecular flexibility index (Phi) is 4.08. The fraction of sp³-hybridized carbons (Fsp3) is 0.867. The van der Waals surface area contributed by atoms with Crippen LogP contribution in [0.15, 0.2) is 0 Å². The lowest BCUT2D eigenvalue weighted by Gasteiger charge is -2.34. The first-order chi connectivity index (χ1) is 9.65. The van der Waals surface area contributed by atoms with Crippen LogP contribution in [0.3, 0.4) is 0 Å². The van der Waals surface area contributed by atoms with Gasteiger partial charge in [0, 0.05) is 18.9 Å². The first-order valence-electron chi connectivity index (χ1n) is 8.00. The largest absolute Gasteiger partial charge is 0.373 e. The molecule has 3 heterocycles. The quantitative estimate of drug-likeness (QED) is 0.915. The van der Waals surface area contributed by atoms with E-state index in [-0.39, 0.29) is 0 Å². The molecule has 1 aromatic heterocycles. The average molecular weight is 278 g/mol. The predicted molar refractivity (Wildman–Crippen MR) is 77.4 cm³/mol. The van der Waals surface area contributed by atoms with Crippen LogP contribution >= 0.6 is 0 Å². The van der Waals surface area contributed by atoms with E-state index in [1.807, 2.05) is 4.57 Å². The van der Waals surface area contributed by atoms with Gasteiger partial charge in [-0.25, -0.2) is 0 Å². The molecule has 2 aliphatic rings. The Morgan fingerprint density at radius 1 is 1.20 bits per heavy atom. The van der Waals surface area contributed by atoms with Crippen molar-refractivity contribution in [1.29, 1.82) is 0 Å². The van der Waals surface area contributed by atoms with Crippen molar-refractivity contribution in [3.05, 3.63) is 11.6 Å². The van der Waals surface area contributed by atoms with Crippen molar-refractivity contribution in [2.45, 2.75) is 64.6 Å². The highest BCUT2D eigenvalue weighted by molar-refractivity contribution is 5.02. The van der Waals surface area contributed by atoms with Crippen molar-refractivity contribution >= 4 is 0 Å². The highest BCUT2D eigenvalue weighted by atomic mass is 16.3. The fourth-order valence-corrected chi connectivity index (χ4v) is 3.52. The van der Waals surface area contributed by atoms with Gasteiger partial charge in [-0.05, 0) is 58.5 Å². The average Bonchev–Trinajstić information content (AvgIpc) is 2.84. The number of rotatable bonds is 3. The van der Waals surface area contributed by atoms with Gasteiger partial charge in [-0.15, -0.1) is 10.2 Å². The van der Waals surface area contributed by atoms with Gasteiger partial charge in [0.05, 0.1) is 0 Å². The number of likely N-dealkylation sites (tertiary alicyclic amines) is 1. The highest BCUT2D eigenvalue weighted by Gasteiger charge is 2.26. The second-order valence-corrected chi connectivity index (χ2v) is 6.55. The number of fused-ring (bicyclic) bond motifs is 1. The molecule has 1 unspecified atom stereocenters. The van der Waals surface area contributed by atoms with E-state index >= 15 is 0 Å². The lowest BCUT2D eigenvalue weighted by molar-refractivity contribution is 0.0730. The number of aryl methyl sites for hydroxylation is 1. The zero-order valence-electron chi connectivity index (χ0n) is 12.6. The molecule has 0 aliphatic carbocycles. The van der Waals surface area contributed by atoms with Gasteiger partial charge < -0.3 is 10.0 Å². The van der Waals surface area contributed by atoms with Gasteiger partial charge in [0.25, 0.3) is 0 Å². The molecule has 0 spiro atoms. The summed E-state index contributed by atoms with van der Waals surface area (Å²) in [7, 11) is 0. The first-order valence-corrected chi connectivity index (χ1v) is 8.00. The lowest BCUT2D eigenvalue weighted by atomic mass is 9.92. The molecule has 1 N–H and O–H groups in total. The molecular formula is C15H26N4O. The smallest absolute Gasteiger partial charge is 0.135 e. The number of nitrogens with zero attached hydrogens (tertiary/aromatic N) is 4. The van der Waals surface area contributed by atoms with E-state index in [2.05, 4.69) is 28.9 Å². The minimum atomic E-state index is -0.403. The predicted octanol–water partition coefficient (Wildman–Crippen LogP) is 1.77. The molecule has 0 amide bonds. The summed E-state index contributed by atoms with van der Waals surface area (Å²) < 4.78 is 1.98. The molecule has 3 rings (SSSR count). The van der Waals surface area contributed by atoms with Crippen molar-refractivity contribution in [1.82, 2.24) is 19.7 Å². The molecule has 1 fully saturated rings. The van der Waals surface area contributed by atoms with Crippen LogP contribution in [0.2, 0.25) is 0 Å². The lowest BCUT2D eigenvalue weighted by Crippen LogP contribution is -2.39. The zero-order valence-corrected chi connectivity index (χ0v) is 12.6. The molecule has 0 bridgehead atoms. The van der Waals surface area contributed by atoms with Crippen LogP contribution in [-0.2, 0) is 12.8 Å². The third-order valence-electron chi connectivity index (χ3n) is 4.85. The third kappa shape index (κ3) is 2.74. The Balaban J connectivity index is 1.63. The summed E-state index contributed by atoms with van der Waals surface area (Å²) in [6.07, 6.45) is 5.84. The monoisotopic (exact) mass is 278 g/mol. The third-order valence-corrected chi connectivity index (χ3v) is 4.85. The van der Waals surface area contributed by atoms with Crippen LogP contribution in [0.25, 0.3) is 0 Å². The van der Waals surface area contributed by atoms with Crippen LogP contribution in [0.4, 0.5) is 0 Å². The fourth-order valence-electron chi connectivity index (χ4n) is 3.52. The van der Waals surface area contributed by atoms with Gasteiger partial charge >= 0.3 is 0 Å². The number of hydrogen-bond acceptors (Lipinski definition) is 4. The van der Waals surface area contributed by atoms with Crippen molar-refractivity contribution in [2.75, 3.05) is 13.1 Å². The molecule has 1 aromatic rings. The van der Waals surface area contributed by atoms with Crippen LogP contribution in [0.1, 0.15) is 57.4 Å². The van der Waals surface area contributed by atoms with Crippen LogP contribution in [0.5, 0.6) is 0 Å². The Morgan fingerprint density at radius 3 is 2.65 bits per heavy atom. The van der Waals surface area contributed by atoms with Gasteiger partial charge in [-0.3, -0.25) is 4.57 Å². The van der Waals surface area contributed by atoms with Crippen molar-refractivity contribution in [2.24, 2.45) is 5.92 Å². The van der Waals surface area contributed by atoms with Crippen LogP contribution in [-0.4, -0.2) is 43.9 Å². The second-order valence-electron chi connectivity index (χ2n) is 6.55. The van der Waals surface area contributed by atoms with Crippen LogP contribution in [0, 0.1) is 5.92 Å². The summed E-state index contributed by atoms with van der Waals surface area (Å²) >= 11 is 0. The minimum Gasteiger partial charge on any atom is -0.373 e. The number of hydrogen-bond donors (Lipinski definition) is 1. The number of aliphatic hydroxyl groups excluding tert-OH is 1. The maximum atomic E-state index is 10.2. The Bertz CT molecular complexity index is 449. The summed E-state index contributed by atoms with van der Waals surface area (Å²) in [5, 5.41) is 18.7. The molecular weight excluding hydrogens is 252 g/mol. The zero-order chi connectivity index (χ0) is 14.1. The molecule has 5 heteroatoms. The molecule has 20 heavy (non-hydrogen) atoms. The summed E-state index contributed by atoms with van der Waals surface area (Å²) in [4.78, 5) is 2.55. The van der Waals surface area contributed by atoms with Gasteiger partial charge in [0.1, 0.15) is 17.9 Å². The molecule has 5 nitrogen and oxygen atoms in total. The van der Waals surface area contributed by atoms with E-state index in [9.17, 15) is 5.11 Å². The van der Waals surface area contributed by atoms with Gasteiger partial charge in [-0.1, -0.05) is 0 Å². The maximum absolute atomic E-state index is 10.2. The van der Waals surface area contributed by atoms with E-state index in [1.165, 1.54) is 25.9 Å². The molecule has 0 radical (unpaired) electrons. The van der Waals surface area contributed by atoms with Gasteiger partial charge in [0.15, 0.2) is 0 Å². The second kappa shape index (κ2) is 5.82. The van der Waals surface area contributed by atoms with E-state index < -0.39 is 6.23 Å². The molecule has 112 valence electrons. The Hall–Kier alpha value is -0.940. The molecule has 0 saturated carbocycles. The highest BCUT2D eigenvalue weighted by Crippen LogP contribution is 2.27. The summed E-state index contributed by atoms with van der Waals surface area (Å²) in [5.74, 6) is 2.65. The normalized spacial score (nSPS) is 25.1. The van der Waals surface area contributed by atoms with E-state index in [0.717, 1.165) is 37.3 Å². The molecule has 2 aliphatic heterocycles. The summed E-state index contributed by atoms with van der Waals surface area (Å²) in [6.45, 7) is 6.91. The Labute approximate surface area is 121 Å². The SMILES string of the molecule is CC(C)N1CCC(Cc2nnc3n2C(O)CCC3)CC1. The minimum absolute atomic E-state index is 0.403. The van der Waals surface area contributed by atoms with Crippen molar-refractivity contribution < 1.29 is 5.11 Å². The number of aromatic nitrogens is 3. The van der Waals surface area contributed by atoms with E-state index in [1.54, 1.807) is 0 Å².